The van der Waals surface area contributed by atoms with Crippen LogP contribution in [0.4, 0.5) is 11.4 Å². The minimum absolute atomic E-state index is 0. The third-order valence-electron chi connectivity index (χ3n) is 3.90. The lowest BCUT2D eigenvalue weighted by Gasteiger charge is -2.16. The predicted octanol–water partition coefficient (Wildman–Crippen LogP) is 1.93. The predicted molar refractivity (Wildman–Crippen MR) is 84.9 cm³/mol. The van der Waals surface area contributed by atoms with E-state index in [1.165, 1.54) is 0 Å². The van der Waals surface area contributed by atoms with E-state index in [1.54, 1.807) is 4.90 Å². The largest absolute Gasteiger partial charge is 0.325 e. The molecule has 2 saturated heterocycles. The molecule has 1 aromatic rings. The van der Waals surface area contributed by atoms with E-state index in [9.17, 15) is 9.59 Å². The van der Waals surface area contributed by atoms with Gasteiger partial charge in [-0.1, -0.05) is 0 Å². The number of nitrogens with one attached hydrogen (secondary N) is 2. The molecule has 0 unspecified atom stereocenters. The molecule has 3 rings (SSSR count). The minimum Gasteiger partial charge on any atom is -0.325 e. The van der Waals surface area contributed by atoms with Crippen LogP contribution in [0.25, 0.3) is 0 Å². The van der Waals surface area contributed by atoms with Crippen molar-refractivity contribution >= 4 is 35.6 Å². The SMILES string of the molecule is Cl.O=C(Nc1ccc(N2CCCC2=O)cc1)[C@@H]1CCCN1. The molecule has 0 radical (unpaired) electrons. The van der Waals surface area contributed by atoms with Crippen molar-refractivity contribution in [1.29, 1.82) is 0 Å². The Morgan fingerprint density at radius 2 is 2.00 bits per heavy atom. The Morgan fingerprint density at radius 3 is 2.57 bits per heavy atom. The lowest BCUT2D eigenvalue weighted by atomic mass is 10.2. The zero-order valence-electron chi connectivity index (χ0n) is 11.8. The van der Waals surface area contributed by atoms with E-state index in [4.69, 9.17) is 0 Å². The molecule has 2 fully saturated rings. The second-order valence-corrected chi connectivity index (χ2v) is 5.33. The quantitative estimate of drug-likeness (QED) is 0.897. The highest BCUT2D eigenvalue weighted by molar-refractivity contribution is 5.97. The monoisotopic (exact) mass is 309 g/mol. The summed E-state index contributed by atoms with van der Waals surface area (Å²) in [6.45, 7) is 1.70. The van der Waals surface area contributed by atoms with Gasteiger partial charge in [0.15, 0.2) is 0 Å². The number of benzene rings is 1. The lowest BCUT2D eigenvalue weighted by molar-refractivity contribution is -0.118. The molecule has 6 heteroatoms. The lowest BCUT2D eigenvalue weighted by Crippen LogP contribution is -2.35. The highest BCUT2D eigenvalue weighted by Crippen LogP contribution is 2.23. The van der Waals surface area contributed by atoms with Crippen molar-refractivity contribution in [3.8, 4) is 0 Å². The van der Waals surface area contributed by atoms with Gasteiger partial charge < -0.3 is 15.5 Å². The van der Waals surface area contributed by atoms with Crippen molar-refractivity contribution < 1.29 is 9.59 Å². The number of rotatable bonds is 3. The maximum atomic E-state index is 12.0. The van der Waals surface area contributed by atoms with Crippen LogP contribution in [0, 0.1) is 0 Å². The van der Waals surface area contributed by atoms with Crippen molar-refractivity contribution in [3.63, 3.8) is 0 Å². The number of halogens is 1. The fourth-order valence-corrected chi connectivity index (χ4v) is 2.78. The number of nitrogens with zero attached hydrogens (tertiary/aromatic N) is 1. The summed E-state index contributed by atoms with van der Waals surface area (Å²) < 4.78 is 0. The molecule has 5 nitrogen and oxygen atoms in total. The highest BCUT2D eigenvalue weighted by atomic mass is 35.5. The van der Waals surface area contributed by atoms with Crippen LogP contribution in [0.3, 0.4) is 0 Å². The van der Waals surface area contributed by atoms with Crippen LogP contribution in [0.2, 0.25) is 0 Å². The number of carbonyl (C=O) groups is 2. The molecule has 0 spiro atoms. The van der Waals surface area contributed by atoms with Crippen molar-refractivity contribution in [2.24, 2.45) is 0 Å². The molecule has 21 heavy (non-hydrogen) atoms. The number of anilines is 2. The van der Waals surface area contributed by atoms with Gasteiger partial charge in [0, 0.05) is 24.3 Å². The third kappa shape index (κ3) is 3.54. The summed E-state index contributed by atoms with van der Waals surface area (Å²) in [6, 6.07) is 7.42. The third-order valence-corrected chi connectivity index (χ3v) is 3.90. The Labute approximate surface area is 130 Å². The number of hydrogen-bond acceptors (Lipinski definition) is 3. The van der Waals surface area contributed by atoms with Crippen molar-refractivity contribution in [2.45, 2.75) is 31.7 Å². The van der Waals surface area contributed by atoms with E-state index in [0.29, 0.717) is 6.42 Å². The Hall–Kier alpha value is -1.59. The van der Waals surface area contributed by atoms with Crippen molar-refractivity contribution in [3.05, 3.63) is 24.3 Å². The normalized spacial score (nSPS) is 21.2. The van der Waals surface area contributed by atoms with Gasteiger partial charge in [-0.2, -0.15) is 0 Å². The van der Waals surface area contributed by atoms with E-state index in [2.05, 4.69) is 10.6 Å². The summed E-state index contributed by atoms with van der Waals surface area (Å²) in [5, 5.41) is 6.08. The Morgan fingerprint density at radius 1 is 1.24 bits per heavy atom. The molecule has 2 amide bonds. The summed E-state index contributed by atoms with van der Waals surface area (Å²) in [4.78, 5) is 25.4. The summed E-state index contributed by atoms with van der Waals surface area (Å²) in [5.41, 5.74) is 1.68. The number of hydrogen-bond donors (Lipinski definition) is 2. The first-order chi connectivity index (χ1) is 9.74. The second-order valence-electron chi connectivity index (χ2n) is 5.33. The summed E-state index contributed by atoms with van der Waals surface area (Å²) >= 11 is 0. The smallest absolute Gasteiger partial charge is 0.241 e. The molecule has 0 aromatic heterocycles. The maximum Gasteiger partial charge on any atom is 0.241 e. The summed E-state index contributed by atoms with van der Waals surface area (Å²) in [5.74, 6) is 0.199. The van der Waals surface area contributed by atoms with Gasteiger partial charge in [-0.3, -0.25) is 9.59 Å². The van der Waals surface area contributed by atoms with Crippen molar-refractivity contribution in [2.75, 3.05) is 23.3 Å². The van der Waals surface area contributed by atoms with Gasteiger partial charge in [0.05, 0.1) is 6.04 Å². The minimum atomic E-state index is -0.0742. The van der Waals surface area contributed by atoms with Crippen LogP contribution in [-0.4, -0.2) is 30.9 Å². The zero-order valence-corrected chi connectivity index (χ0v) is 12.6. The molecule has 2 N–H and O–H groups in total. The standard InChI is InChI=1S/C15H19N3O2.ClH/c19-14-4-2-10-18(14)12-7-5-11(6-8-12)17-15(20)13-3-1-9-16-13;/h5-8,13,16H,1-4,9-10H2,(H,17,20);1H/t13-;/m0./s1. The topological polar surface area (TPSA) is 61.4 Å². The summed E-state index contributed by atoms with van der Waals surface area (Å²) in [6.07, 6.45) is 3.50. The van der Waals surface area contributed by atoms with E-state index >= 15 is 0 Å². The van der Waals surface area contributed by atoms with Crippen molar-refractivity contribution in [1.82, 2.24) is 5.32 Å². The average Bonchev–Trinajstić information content (AvgIpc) is 3.11. The number of amides is 2. The maximum absolute atomic E-state index is 12.0. The van der Waals surface area contributed by atoms with Crippen LogP contribution < -0.4 is 15.5 Å². The van der Waals surface area contributed by atoms with Crippen LogP contribution in [0.15, 0.2) is 24.3 Å². The first-order valence-electron chi connectivity index (χ1n) is 7.19. The fourth-order valence-electron chi connectivity index (χ4n) is 2.78. The molecule has 2 aliphatic rings. The van der Waals surface area contributed by atoms with E-state index in [0.717, 1.165) is 43.7 Å². The first-order valence-corrected chi connectivity index (χ1v) is 7.19. The summed E-state index contributed by atoms with van der Waals surface area (Å²) in [7, 11) is 0. The van der Waals surface area contributed by atoms with Gasteiger partial charge in [-0.05, 0) is 50.1 Å². The molecule has 114 valence electrons. The second kappa shape index (κ2) is 6.91. The van der Waals surface area contributed by atoms with E-state index in [1.807, 2.05) is 24.3 Å². The van der Waals surface area contributed by atoms with Gasteiger partial charge >= 0.3 is 0 Å². The van der Waals surface area contributed by atoms with Gasteiger partial charge in [0.1, 0.15) is 0 Å². The highest BCUT2D eigenvalue weighted by Gasteiger charge is 2.23. The van der Waals surface area contributed by atoms with Gasteiger partial charge in [-0.25, -0.2) is 0 Å². The number of carbonyl (C=O) groups excluding carboxylic acids is 2. The Bertz CT molecular complexity index is 512. The Kier molecular flexibility index (Phi) is 5.20. The van der Waals surface area contributed by atoms with E-state index < -0.39 is 0 Å². The first kappa shape index (κ1) is 15.8. The van der Waals surface area contributed by atoms with Gasteiger partial charge in [-0.15, -0.1) is 12.4 Å². The van der Waals surface area contributed by atoms with E-state index in [-0.39, 0.29) is 30.3 Å². The molecule has 1 aromatic carbocycles. The molecule has 0 aliphatic carbocycles. The van der Waals surface area contributed by atoms with Gasteiger partial charge in [0.25, 0.3) is 0 Å². The zero-order chi connectivity index (χ0) is 13.9. The van der Waals surface area contributed by atoms with Gasteiger partial charge in [0.2, 0.25) is 11.8 Å². The van der Waals surface area contributed by atoms with Crippen LogP contribution in [0.5, 0.6) is 0 Å². The van der Waals surface area contributed by atoms with Crippen LogP contribution in [0.1, 0.15) is 25.7 Å². The molecule has 0 saturated carbocycles. The Balaban J connectivity index is 0.00000161. The molecule has 1 atom stereocenters. The molecular weight excluding hydrogens is 290 g/mol. The van der Waals surface area contributed by atoms with Crippen LogP contribution in [-0.2, 0) is 9.59 Å². The fraction of sp³-hybridized carbons (Fsp3) is 0.467. The molecule has 0 bridgehead atoms. The van der Waals surface area contributed by atoms with Crippen LogP contribution >= 0.6 is 12.4 Å². The average molecular weight is 310 g/mol. The molecule has 2 aliphatic heterocycles. The molecular formula is C15H20ClN3O2. The molecule has 2 heterocycles.